The smallest absolute Gasteiger partial charge is 0.243 e. The second kappa shape index (κ2) is 7.26. The van der Waals surface area contributed by atoms with Gasteiger partial charge in [0.2, 0.25) is 5.91 Å². The van der Waals surface area contributed by atoms with E-state index in [4.69, 9.17) is 4.74 Å². The van der Waals surface area contributed by atoms with Crippen molar-refractivity contribution >= 4 is 23.4 Å². The van der Waals surface area contributed by atoms with Gasteiger partial charge in [-0.2, -0.15) is 0 Å². The van der Waals surface area contributed by atoms with Gasteiger partial charge >= 0.3 is 0 Å². The van der Waals surface area contributed by atoms with Crippen molar-refractivity contribution in [1.29, 1.82) is 0 Å². The molecule has 0 radical (unpaired) electrons. The standard InChI is InChI=1S/C22H19NO2S/c1-25-18-14-12-17(13-15-18)23-20(16-8-4-2-5-9-16)21(22(23)24)26-19-10-6-3-7-11-19/h2-15,20-21H,1H3/t20-,21-/m0/s1. The average Bonchev–Trinajstić information content (AvgIpc) is 2.71. The lowest BCUT2D eigenvalue weighted by molar-refractivity contribution is -0.123. The summed E-state index contributed by atoms with van der Waals surface area (Å²) in [7, 11) is 1.64. The number of benzene rings is 3. The lowest BCUT2D eigenvalue weighted by atomic mass is 9.92. The predicted octanol–water partition coefficient (Wildman–Crippen LogP) is 4.94. The van der Waals surface area contributed by atoms with E-state index in [-0.39, 0.29) is 17.2 Å². The second-order valence-corrected chi connectivity index (χ2v) is 7.33. The van der Waals surface area contributed by atoms with Crippen molar-refractivity contribution in [3.63, 3.8) is 0 Å². The number of anilines is 1. The maximum Gasteiger partial charge on any atom is 0.243 e. The number of thioether (sulfide) groups is 1. The molecule has 2 atom stereocenters. The minimum atomic E-state index is -0.123. The highest BCUT2D eigenvalue weighted by atomic mass is 32.2. The number of nitrogens with zero attached hydrogens (tertiary/aromatic N) is 1. The van der Waals surface area contributed by atoms with Gasteiger partial charge in [0.1, 0.15) is 11.0 Å². The molecule has 0 aromatic heterocycles. The van der Waals surface area contributed by atoms with Gasteiger partial charge in [0.05, 0.1) is 13.2 Å². The average molecular weight is 361 g/mol. The first kappa shape index (κ1) is 16.7. The van der Waals surface area contributed by atoms with Crippen molar-refractivity contribution in [3.05, 3.63) is 90.5 Å². The highest BCUT2D eigenvalue weighted by Crippen LogP contribution is 2.47. The molecule has 1 fully saturated rings. The van der Waals surface area contributed by atoms with Gasteiger partial charge < -0.3 is 9.64 Å². The Hall–Kier alpha value is -2.72. The number of amides is 1. The number of methoxy groups -OCH3 is 1. The number of hydrogen-bond donors (Lipinski definition) is 0. The van der Waals surface area contributed by atoms with Crippen LogP contribution in [-0.2, 0) is 4.79 Å². The maximum absolute atomic E-state index is 13.0. The molecule has 1 saturated heterocycles. The lowest BCUT2D eigenvalue weighted by Gasteiger charge is -2.47. The number of carbonyl (C=O) groups excluding carboxylic acids is 1. The van der Waals surface area contributed by atoms with E-state index in [1.807, 2.05) is 65.6 Å². The van der Waals surface area contributed by atoms with Crippen molar-refractivity contribution in [3.8, 4) is 5.75 Å². The largest absolute Gasteiger partial charge is 0.497 e. The molecule has 4 rings (SSSR count). The van der Waals surface area contributed by atoms with Crippen molar-refractivity contribution in [2.24, 2.45) is 0 Å². The van der Waals surface area contributed by atoms with Crippen LogP contribution >= 0.6 is 11.8 Å². The Balaban J connectivity index is 1.66. The van der Waals surface area contributed by atoms with E-state index in [1.54, 1.807) is 18.9 Å². The molecule has 0 N–H and O–H groups in total. The molecule has 130 valence electrons. The van der Waals surface area contributed by atoms with Crippen LogP contribution in [0.5, 0.6) is 5.75 Å². The SMILES string of the molecule is COc1ccc(N2C(=O)[C@@H](Sc3ccccc3)[C@@H]2c2ccccc2)cc1. The fourth-order valence-electron chi connectivity index (χ4n) is 3.23. The number of hydrogen-bond acceptors (Lipinski definition) is 3. The molecule has 0 unspecified atom stereocenters. The third-order valence-corrected chi connectivity index (χ3v) is 5.80. The molecule has 1 heterocycles. The topological polar surface area (TPSA) is 29.5 Å². The van der Waals surface area contributed by atoms with Gasteiger partial charge in [0.15, 0.2) is 0 Å². The van der Waals surface area contributed by atoms with E-state index in [1.165, 1.54) is 0 Å². The third-order valence-electron chi connectivity index (χ3n) is 4.54. The Labute approximate surface area is 157 Å². The van der Waals surface area contributed by atoms with Gasteiger partial charge in [-0.3, -0.25) is 4.79 Å². The minimum Gasteiger partial charge on any atom is -0.497 e. The van der Waals surface area contributed by atoms with E-state index in [2.05, 4.69) is 24.3 Å². The summed E-state index contributed by atoms with van der Waals surface area (Å²) in [6.45, 7) is 0. The summed E-state index contributed by atoms with van der Waals surface area (Å²) in [5.74, 6) is 0.922. The zero-order valence-electron chi connectivity index (χ0n) is 14.4. The number of β-lactam (4-membered cyclic amide) rings is 1. The first-order valence-electron chi connectivity index (χ1n) is 8.52. The van der Waals surface area contributed by atoms with Crippen molar-refractivity contribution in [1.82, 2.24) is 0 Å². The molecule has 3 nitrogen and oxygen atoms in total. The normalized spacial score (nSPS) is 19.1. The summed E-state index contributed by atoms with van der Waals surface area (Å²) < 4.78 is 5.23. The van der Waals surface area contributed by atoms with Crippen molar-refractivity contribution in [2.75, 3.05) is 12.0 Å². The molecule has 1 aliphatic heterocycles. The molecule has 0 spiro atoms. The molecule has 1 aliphatic rings. The Morgan fingerprint density at radius 2 is 1.46 bits per heavy atom. The van der Waals surface area contributed by atoms with E-state index < -0.39 is 0 Å². The molecule has 3 aromatic carbocycles. The highest BCUT2D eigenvalue weighted by molar-refractivity contribution is 8.00. The summed E-state index contributed by atoms with van der Waals surface area (Å²) in [5, 5.41) is -0.123. The highest BCUT2D eigenvalue weighted by Gasteiger charge is 2.49. The van der Waals surface area contributed by atoms with E-state index in [0.717, 1.165) is 21.9 Å². The van der Waals surface area contributed by atoms with Gasteiger partial charge in [-0.25, -0.2) is 0 Å². The molecule has 1 amide bonds. The molecule has 3 aromatic rings. The second-order valence-electron chi connectivity index (χ2n) is 6.11. The summed E-state index contributed by atoms with van der Waals surface area (Å²) in [5.41, 5.74) is 2.05. The molecule has 0 saturated carbocycles. The van der Waals surface area contributed by atoms with E-state index >= 15 is 0 Å². The summed E-state index contributed by atoms with van der Waals surface area (Å²) in [6, 6.07) is 28.0. The van der Waals surface area contributed by atoms with E-state index in [9.17, 15) is 4.79 Å². The summed E-state index contributed by atoms with van der Waals surface area (Å²) in [4.78, 5) is 16.0. The molecule has 0 aliphatic carbocycles. The Kier molecular flexibility index (Phi) is 4.67. The molecule has 4 heteroatoms. The van der Waals surface area contributed by atoms with Crippen LogP contribution in [0.4, 0.5) is 5.69 Å². The Morgan fingerprint density at radius 1 is 0.846 bits per heavy atom. The predicted molar refractivity (Wildman–Crippen MR) is 106 cm³/mol. The number of ether oxygens (including phenoxy) is 1. The first-order valence-corrected chi connectivity index (χ1v) is 9.39. The van der Waals surface area contributed by atoms with Crippen LogP contribution in [0.15, 0.2) is 89.8 Å². The summed E-state index contributed by atoms with van der Waals surface area (Å²) >= 11 is 1.63. The quantitative estimate of drug-likeness (QED) is 0.603. The van der Waals surface area contributed by atoms with Gasteiger partial charge in [0.25, 0.3) is 0 Å². The molecular formula is C22H19NO2S. The van der Waals surface area contributed by atoms with Crippen LogP contribution in [0.2, 0.25) is 0 Å². The fourth-order valence-corrected chi connectivity index (χ4v) is 4.46. The van der Waals surface area contributed by atoms with Gasteiger partial charge in [-0.15, -0.1) is 11.8 Å². The van der Waals surface area contributed by atoms with Gasteiger partial charge in [-0.1, -0.05) is 48.5 Å². The molecule has 0 bridgehead atoms. The van der Waals surface area contributed by atoms with Crippen molar-refractivity contribution < 1.29 is 9.53 Å². The van der Waals surface area contributed by atoms with Crippen LogP contribution in [0.1, 0.15) is 11.6 Å². The monoisotopic (exact) mass is 361 g/mol. The fraction of sp³-hybridized carbons (Fsp3) is 0.136. The Bertz CT molecular complexity index is 881. The first-order chi connectivity index (χ1) is 12.8. The minimum absolute atomic E-state index is 0.0160. The summed E-state index contributed by atoms with van der Waals surface area (Å²) in [6.07, 6.45) is 0. The lowest BCUT2D eigenvalue weighted by Crippen LogP contribution is -2.57. The van der Waals surface area contributed by atoms with Crippen LogP contribution in [0.3, 0.4) is 0 Å². The van der Waals surface area contributed by atoms with Crippen LogP contribution < -0.4 is 9.64 Å². The van der Waals surface area contributed by atoms with Crippen molar-refractivity contribution in [2.45, 2.75) is 16.2 Å². The zero-order chi connectivity index (χ0) is 17.9. The van der Waals surface area contributed by atoms with Crippen LogP contribution in [0.25, 0.3) is 0 Å². The number of rotatable bonds is 5. The van der Waals surface area contributed by atoms with Crippen LogP contribution in [0, 0.1) is 0 Å². The third kappa shape index (κ3) is 3.08. The van der Waals surface area contributed by atoms with Gasteiger partial charge in [-0.05, 0) is 42.0 Å². The molecular weight excluding hydrogens is 342 g/mol. The Morgan fingerprint density at radius 3 is 2.08 bits per heavy atom. The molecule has 26 heavy (non-hydrogen) atoms. The number of carbonyl (C=O) groups is 1. The zero-order valence-corrected chi connectivity index (χ0v) is 15.2. The maximum atomic E-state index is 13.0. The van der Waals surface area contributed by atoms with E-state index in [0.29, 0.717) is 0 Å². The van der Waals surface area contributed by atoms with Gasteiger partial charge in [0, 0.05) is 10.6 Å². The van der Waals surface area contributed by atoms with Crippen LogP contribution in [-0.4, -0.2) is 18.3 Å².